The fourth-order valence-corrected chi connectivity index (χ4v) is 5.12. The smallest absolute Gasteiger partial charge is 0.240 e. The van der Waals surface area contributed by atoms with Crippen LogP contribution in [0.5, 0.6) is 0 Å². The Labute approximate surface area is 173 Å². The average molecular weight is 400 g/mol. The van der Waals surface area contributed by atoms with Crippen molar-refractivity contribution in [1.29, 1.82) is 0 Å². The van der Waals surface area contributed by atoms with Gasteiger partial charge in [-0.1, -0.05) is 24.3 Å². The first kappa shape index (κ1) is 18.5. The molecule has 0 aromatic heterocycles. The van der Waals surface area contributed by atoms with E-state index in [2.05, 4.69) is 0 Å². The number of nitrogens with zero attached hydrogens (tertiary/aromatic N) is 2. The van der Waals surface area contributed by atoms with Gasteiger partial charge in [-0.05, 0) is 55.3 Å². The van der Waals surface area contributed by atoms with Gasteiger partial charge in [0, 0.05) is 11.8 Å². The van der Waals surface area contributed by atoms with E-state index in [1.165, 1.54) is 18.7 Å². The standard InChI is InChI=1S/C24H20N2O4/c1-13(27)15-7-9-17(10-8-15)26-23(29)19-20(24(26)30)22-18-6-4-3-5-16(18)11-12-25(22)21(19)14(2)28/h3-12,19-22H,1-2H3/t19-,20+,21+,22-/m0/s1. The van der Waals surface area contributed by atoms with Gasteiger partial charge in [-0.2, -0.15) is 0 Å². The minimum atomic E-state index is -0.733. The zero-order valence-corrected chi connectivity index (χ0v) is 16.6. The molecule has 2 aromatic carbocycles. The highest BCUT2D eigenvalue weighted by atomic mass is 16.2. The highest BCUT2D eigenvalue weighted by molar-refractivity contribution is 6.24. The maximum atomic E-state index is 13.5. The lowest BCUT2D eigenvalue weighted by atomic mass is 9.84. The molecule has 0 unspecified atom stereocenters. The van der Waals surface area contributed by atoms with Gasteiger partial charge in [0.2, 0.25) is 11.8 Å². The Bertz CT molecular complexity index is 1130. The molecule has 0 spiro atoms. The molecule has 0 bridgehead atoms. The van der Waals surface area contributed by atoms with Gasteiger partial charge in [-0.25, -0.2) is 4.90 Å². The Hall–Kier alpha value is -3.54. The third kappa shape index (κ3) is 2.43. The maximum absolute atomic E-state index is 13.5. The van der Waals surface area contributed by atoms with Crippen molar-refractivity contribution in [3.05, 3.63) is 71.4 Å². The van der Waals surface area contributed by atoms with E-state index in [-0.39, 0.29) is 29.4 Å². The molecule has 0 saturated carbocycles. The molecule has 30 heavy (non-hydrogen) atoms. The van der Waals surface area contributed by atoms with Gasteiger partial charge in [0.1, 0.15) is 0 Å². The van der Waals surface area contributed by atoms with Crippen molar-refractivity contribution >= 4 is 35.1 Å². The molecule has 4 atom stereocenters. The van der Waals surface area contributed by atoms with Crippen molar-refractivity contribution < 1.29 is 19.2 Å². The SMILES string of the molecule is CC(=O)c1ccc(N2C(=O)[C@@H]3[C@H](C2=O)[C@@H](C(C)=O)N2C=Cc4ccccc4[C@@H]32)cc1. The number of amides is 2. The summed E-state index contributed by atoms with van der Waals surface area (Å²) in [5.74, 6) is -2.25. The maximum Gasteiger partial charge on any atom is 0.240 e. The van der Waals surface area contributed by atoms with Gasteiger partial charge in [0.15, 0.2) is 11.6 Å². The highest BCUT2D eigenvalue weighted by Gasteiger charge is 2.63. The molecule has 0 N–H and O–H groups in total. The van der Waals surface area contributed by atoms with Crippen molar-refractivity contribution in [3.8, 4) is 0 Å². The van der Waals surface area contributed by atoms with Crippen LogP contribution in [0.1, 0.15) is 41.4 Å². The fourth-order valence-electron chi connectivity index (χ4n) is 5.12. The van der Waals surface area contributed by atoms with Crippen molar-refractivity contribution in [2.24, 2.45) is 11.8 Å². The van der Waals surface area contributed by atoms with Crippen molar-refractivity contribution in [2.75, 3.05) is 4.90 Å². The van der Waals surface area contributed by atoms with Crippen LogP contribution in [-0.2, 0) is 14.4 Å². The van der Waals surface area contributed by atoms with Gasteiger partial charge < -0.3 is 4.90 Å². The molecule has 2 aromatic rings. The fraction of sp³-hybridized carbons (Fsp3) is 0.250. The van der Waals surface area contributed by atoms with Crippen LogP contribution in [0.15, 0.2) is 54.7 Å². The number of fused-ring (bicyclic) bond motifs is 5. The molecule has 3 heterocycles. The van der Waals surface area contributed by atoms with Crippen LogP contribution in [-0.4, -0.2) is 34.3 Å². The second-order valence-electron chi connectivity index (χ2n) is 8.06. The molecular formula is C24H20N2O4. The Morgan fingerprint density at radius 2 is 1.53 bits per heavy atom. The molecule has 3 aliphatic rings. The summed E-state index contributed by atoms with van der Waals surface area (Å²) in [5.41, 5.74) is 2.88. The molecule has 5 rings (SSSR count). The first-order chi connectivity index (χ1) is 14.4. The van der Waals surface area contributed by atoms with E-state index in [1.807, 2.05) is 41.4 Å². The summed E-state index contributed by atoms with van der Waals surface area (Å²) in [4.78, 5) is 54.2. The summed E-state index contributed by atoms with van der Waals surface area (Å²) in [7, 11) is 0. The third-order valence-corrected chi connectivity index (χ3v) is 6.41. The minimum absolute atomic E-state index is 0.0876. The molecule has 2 fully saturated rings. The molecule has 6 heteroatoms. The average Bonchev–Trinajstić information content (AvgIpc) is 3.21. The van der Waals surface area contributed by atoms with Crippen LogP contribution in [0.2, 0.25) is 0 Å². The predicted molar refractivity (Wildman–Crippen MR) is 110 cm³/mol. The van der Waals surface area contributed by atoms with E-state index in [4.69, 9.17) is 0 Å². The van der Waals surface area contributed by atoms with Gasteiger partial charge in [0.25, 0.3) is 0 Å². The molecule has 6 nitrogen and oxygen atoms in total. The molecule has 0 aliphatic carbocycles. The monoisotopic (exact) mass is 400 g/mol. The summed E-state index contributed by atoms with van der Waals surface area (Å²) < 4.78 is 0. The van der Waals surface area contributed by atoms with E-state index < -0.39 is 17.9 Å². The van der Waals surface area contributed by atoms with E-state index >= 15 is 0 Å². The van der Waals surface area contributed by atoms with Crippen LogP contribution in [0, 0.1) is 11.8 Å². The number of carbonyl (C=O) groups is 4. The topological polar surface area (TPSA) is 74.8 Å². The van der Waals surface area contributed by atoms with Crippen molar-refractivity contribution in [2.45, 2.75) is 25.9 Å². The second kappa shape index (κ2) is 6.49. The summed E-state index contributed by atoms with van der Waals surface area (Å²) in [5, 5.41) is 0. The van der Waals surface area contributed by atoms with Crippen LogP contribution in [0.3, 0.4) is 0 Å². The zero-order chi connectivity index (χ0) is 21.2. The number of benzene rings is 2. The quantitative estimate of drug-likeness (QED) is 0.585. The van der Waals surface area contributed by atoms with Gasteiger partial charge in [-0.15, -0.1) is 0 Å². The lowest BCUT2D eigenvalue weighted by Crippen LogP contribution is -2.43. The number of imide groups is 1. The molecule has 150 valence electrons. The van der Waals surface area contributed by atoms with E-state index in [0.717, 1.165) is 11.1 Å². The molecular weight excluding hydrogens is 380 g/mol. The molecule has 2 saturated heterocycles. The first-order valence-electron chi connectivity index (χ1n) is 9.94. The number of hydrogen-bond donors (Lipinski definition) is 0. The van der Waals surface area contributed by atoms with E-state index in [9.17, 15) is 19.2 Å². The number of ketones is 2. The lowest BCUT2D eigenvalue weighted by Gasteiger charge is -2.34. The van der Waals surface area contributed by atoms with Crippen LogP contribution in [0.4, 0.5) is 5.69 Å². The Morgan fingerprint density at radius 1 is 0.867 bits per heavy atom. The largest absolute Gasteiger partial charge is 0.359 e. The van der Waals surface area contributed by atoms with Crippen molar-refractivity contribution in [3.63, 3.8) is 0 Å². The lowest BCUT2D eigenvalue weighted by molar-refractivity contribution is -0.129. The molecule has 3 aliphatic heterocycles. The molecule has 0 radical (unpaired) electrons. The Balaban J connectivity index is 1.60. The predicted octanol–water partition coefficient (Wildman–Crippen LogP) is 2.99. The van der Waals surface area contributed by atoms with E-state index in [1.54, 1.807) is 24.3 Å². The number of rotatable bonds is 3. The highest BCUT2D eigenvalue weighted by Crippen LogP contribution is 2.53. The summed E-state index contributed by atoms with van der Waals surface area (Å²) in [6.07, 6.45) is 3.76. The first-order valence-corrected chi connectivity index (χ1v) is 9.94. The Morgan fingerprint density at radius 3 is 2.20 bits per heavy atom. The minimum Gasteiger partial charge on any atom is -0.359 e. The van der Waals surface area contributed by atoms with Crippen molar-refractivity contribution in [1.82, 2.24) is 4.90 Å². The number of carbonyl (C=O) groups excluding carboxylic acids is 4. The summed E-state index contributed by atoms with van der Waals surface area (Å²) >= 11 is 0. The second-order valence-corrected chi connectivity index (χ2v) is 8.06. The third-order valence-electron chi connectivity index (χ3n) is 6.41. The number of hydrogen-bond acceptors (Lipinski definition) is 5. The van der Waals surface area contributed by atoms with E-state index in [0.29, 0.717) is 11.3 Å². The number of anilines is 1. The van der Waals surface area contributed by atoms with Gasteiger partial charge in [-0.3, -0.25) is 19.2 Å². The van der Waals surface area contributed by atoms with Gasteiger partial charge >= 0.3 is 0 Å². The summed E-state index contributed by atoms with van der Waals surface area (Å²) in [6.45, 7) is 2.94. The van der Waals surface area contributed by atoms with Gasteiger partial charge in [0.05, 0.1) is 29.6 Å². The summed E-state index contributed by atoms with van der Waals surface area (Å²) in [6, 6.07) is 13.2. The Kier molecular flexibility index (Phi) is 4.00. The molecule has 2 amide bonds. The van der Waals surface area contributed by atoms with Crippen LogP contribution in [0.25, 0.3) is 6.08 Å². The zero-order valence-electron chi connectivity index (χ0n) is 16.6. The normalized spacial score (nSPS) is 26.5. The van der Waals surface area contributed by atoms with Crippen LogP contribution >= 0.6 is 0 Å². The van der Waals surface area contributed by atoms with Crippen LogP contribution < -0.4 is 4.90 Å². The number of Topliss-reactive ketones (excluding diaryl/α,β-unsaturated/α-hetero) is 2.